The minimum Gasteiger partial charge on any atom is -0.339 e. The molecule has 1 aliphatic rings. The third-order valence-electron chi connectivity index (χ3n) is 4.18. The molecule has 110 valence electrons. The molecule has 0 atom stereocenters. The van der Waals surface area contributed by atoms with Crippen molar-refractivity contribution in [3.8, 4) is 5.82 Å². The predicted molar refractivity (Wildman–Crippen MR) is 80.3 cm³/mol. The minimum atomic E-state index is 0.0282. The van der Waals surface area contributed by atoms with E-state index < -0.39 is 0 Å². The molecule has 2 aromatic heterocycles. The highest BCUT2D eigenvalue weighted by Gasteiger charge is 2.25. The van der Waals surface area contributed by atoms with Crippen molar-refractivity contribution in [2.75, 3.05) is 7.05 Å². The second-order valence-corrected chi connectivity index (χ2v) is 5.53. The molecule has 5 nitrogen and oxygen atoms in total. The van der Waals surface area contributed by atoms with E-state index in [9.17, 15) is 4.79 Å². The van der Waals surface area contributed by atoms with Crippen molar-refractivity contribution >= 4 is 5.91 Å². The average molecular weight is 284 g/mol. The number of carbonyl (C=O) groups is 1. The summed E-state index contributed by atoms with van der Waals surface area (Å²) in [4.78, 5) is 19.0. The van der Waals surface area contributed by atoms with Crippen molar-refractivity contribution in [3.63, 3.8) is 0 Å². The fourth-order valence-electron chi connectivity index (χ4n) is 2.96. The van der Waals surface area contributed by atoms with Gasteiger partial charge in [0.05, 0.1) is 5.56 Å². The highest BCUT2D eigenvalue weighted by Crippen LogP contribution is 2.23. The van der Waals surface area contributed by atoms with Gasteiger partial charge in [0.25, 0.3) is 5.91 Å². The maximum atomic E-state index is 12.8. The van der Waals surface area contributed by atoms with E-state index >= 15 is 0 Å². The molecule has 2 heterocycles. The van der Waals surface area contributed by atoms with Gasteiger partial charge in [-0.15, -0.1) is 0 Å². The van der Waals surface area contributed by atoms with Gasteiger partial charge in [0.15, 0.2) is 5.82 Å². The molecule has 5 heteroatoms. The number of aromatic nitrogens is 3. The molecular formula is C16H20N4O. The van der Waals surface area contributed by atoms with Crippen LogP contribution in [0.4, 0.5) is 0 Å². The van der Waals surface area contributed by atoms with Crippen molar-refractivity contribution in [1.29, 1.82) is 0 Å². The van der Waals surface area contributed by atoms with Gasteiger partial charge in [-0.2, -0.15) is 5.10 Å². The first-order chi connectivity index (χ1) is 10.3. The molecule has 21 heavy (non-hydrogen) atoms. The zero-order valence-electron chi connectivity index (χ0n) is 12.3. The molecule has 1 saturated carbocycles. The fourth-order valence-corrected chi connectivity index (χ4v) is 2.96. The van der Waals surface area contributed by atoms with Gasteiger partial charge < -0.3 is 4.90 Å². The Hall–Kier alpha value is -2.17. The molecule has 0 spiro atoms. The number of nitrogens with zero attached hydrogens (tertiary/aromatic N) is 4. The molecule has 0 radical (unpaired) electrons. The predicted octanol–water partition coefficient (Wildman–Crippen LogP) is 2.67. The number of rotatable bonds is 3. The van der Waals surface area contributed by atoms with Crippen molar-refractivity contribution in [2.24, 2.45) is 0 Å². The molecule has 0 unspecified atom stereocenters. The molecule has 0 bridgehead atoms. The third-order valence-corrected chi connectivity index (χ3v) is 4.18. The van der Waals surface area contributed by atoms with Gasteiger partial charge in [-0.1, -0.05) is 19.3 Å². The molecule has 0 saturated heterocycles. The Kier molecular flexibility index (Phi) is 3.99. The molecular weight excluding hydrogens is 264 g/mol. The number of hydrogen-bond acceptors (Lipinski definition) is 3. The lowest BCUT2D eigenvalue weighted by molar-refractivity contribution is 0.0695. The summed E-state index contributed by atoms with van der Waals surface area (Å²) in [5.74, 6) is 0.621. The van der Waals surface area contributed by atoms with E-state index in [-0.39, 0.29) is 5.91 Å². The zero-order chi connectivity index (χ0) is 14.7. The van der Waals surface area contributed by atoms with Gasteiger partial charge in [-0.3, -0.25) is 4.79 Å². The number of pyridine rings is 1. The lowest BCUT2D eigenvalue weighted by atomic mass is 9.94. The first kappa shape index (κ1) is 13.8. The van der Waals surface area contributed by atoms with Crippen LogP contribution in [0.3, 0.4) is 0 Å². The lowest BCUT2D eigenvalue weighted by Crippen LogP contribution is -2.38. The van der Waals surface area contributed by atoms with Gasteiger partial charge >= 0.3 is 0 Å². The van der Waals surface area contributed by atoms with E-state index in [1.54, 1.807) is 29.3 Å². The summed E-state index contributed by atoms with van der Waals surface area (Å²) < 4.78 is 1.64. The van der Waals surface area contributed by atoms with Crippen LogP contribution in [0, 0.1) is 0 Å². The van der Waals surface area contributed by atoms with Crippen molar-refractivity contribution in [2.45, 2.75) is 38.1 Å². The van der Waals surface area contributed by atoms with Gasteiger partial charge in [0.1, 0.15) is 0 Å². The Morgan fingerprint density at radius 1 is 1.24 bits per heavy atom. The van der Waals surface area contributed by atoms with Crippen LogP contribution in [0.15, 0.2) is 36.8 Å². The van der Waals surface area contributed by atoms with Crippen LogP contribution in [0.25, 0.3) is 5.82 Å². The Morgan fingerprint density at radius 3 is 2.76 bits per heavy atom. The smallest absolute Gasteiger partial charge is 0.257 e. The van der Waals surface area contributed by atoms with Gasteiger partial charge in [0.2, 0.25) is 0 Å². The summed E-state index contributed by atoms with van der Waals surface area (Å²) in [5.41, 5.74) is 0.606. The third kappa shape index (κ3) is 2.82. The van der Waals surface area contributed by atoms with Crippen LogP contribution in [0.2, 0.25) is 0 Å². The summed E-state index contributed by atoms with van der Waals surface area (Å²) >= 11 is 0. The van der Waals surface area contributed by atoms with E-state index in [0.717, 1.165) is 12.8 Å². The van der Waals surface area contributed by atoms with E-state index in [4.69, 9.17) is 0 Å². The second-order valence-electron chi connectivity index (χ2n) is 5.53. The SMILES string of the molecule is CN(C(=O)c1cccnc1-n1cccn1)C1CCCCC1. The molecule has 0 aliphatic heterocycles. The molecule has 1 aliphatic carbocycles. The summed E-state index contributed by atoms with van der Waals surface area (Å²) in [7, 11) is 1.90. The molecule has 1 amide bonds. The standard InChI is InChI=1S/C16H20N4O/c1-19(13-7-3-2-4-8-13)16(21)14-9-5-10-17-15(14)20-12-6-11-18-20/h5-6,9-13H,2-4,7-8H2,1H3. The normalized spacial score (nSPS) is 15.9. The monoisotopic (exact) mass is 284 g/mol. The molecule has 0 aromatic carbocycles. The quantitative estimate of drug-likeness (QED) is 0.870. The number of hydrogen-bond donors (Lipinski definition) is 0. The Labute approximate surface area is 124 Å². The van der Waals surface area contributed by atoms with Crippen molar-refractivity contribution in [1.82, 2.24) is 19.7 Å². The van der Waals surface area contributed by atoms with Crippen LogP contribution in [0.5, 0.6) is 0 Å². The second kappa shape index (κ2) is 6.08. The summed E-state index contributed by atoms with van der Waals surface area (Å²) in [5, 5.41) is 4.18. The van der Waals surface area contributed by atoms with Crippen molar-refractivity contribution in [3.05, 3.63) is 42.4 Å². The van der Waals surface area contributed by atoms with Crippen LogP contribution < -0.4 is 0 Å². The van der Waals surface area contributed by atoms with Gasteiger partial charge in [0, 0.05) is 31.7 Å². The number of carbonyl (C=O) groups excluding carboxylic acids is 1. The highest BCUT2D eigenvalue weighted by atomic mass is 16.2. The Balaban J connectivity index is 1.87. The van der Waals surface area contributed by atoms with Crippen LogP contribution in [-0.2, 0) is 0 Å². The molecule has 3 rings (SSSR count). The Bertz CT molecular complexity index is 602. The Morgan fingerprint density at radius 2 is 2.05 bits per heavy atom. The van der Waals surface area contributed by atoms with E-state index in [2.05, 4.69) is 10.1 Å². The summed E-state index contributed by atoms with van der Waals surface area (Å²) in [6, 6.07) is 5.80. The largest absolute Gasteiger partial charge is 0.339 e. The first-order valence-corrected chi connectivity index (χ1v) is 7.49. The van der Waals surface area contributed by atoms with Crippen LogP contribution in [-0.4, -0.2) is 38.7 Å². The highest BCUT2D eigenvalue weighted by molar-refractivity contribution is 5.97. The van der Waals surface area contributed by atoms with Gasteiger partial charge in [-0.05, 0) is 31.0 Å². The molecule has 2 aromatic rings. The maximum Gasteiger partial charge on any atom is 0.257 e. The zero-order valence-corrected chi connectivity index (χ0v) is 12.3. The van der Waals surface area contributed by atoms with Gasteiger partial charge in [-0.25, -0.2) is 9.67 Å². The first-order valence-electron chi connectivity index (χ1n) is 7.49. The van der Waals surface area contributed by atoms with Crippen molar-refractivity contribution < 1.29 is 4.79 Å². The van der Waals surface area contributed by atoms with Crippen LogP contribution >= 0.6 is 0 Å². The fraction of sp³-hybridized carbons (Fsp3) is 0.438. The molecule has 0 N–H and O–H groups in total. The van der Waals surface area contributed by atoms with Crippen LogP contribution in [0.1, 0.15) is 42.5 Å². The minimum absolute atomic E-state index is 0.0282. The summed E-state index contributed by atoms with van der Waals surface area (Å²) in [6.07, 6.45) is 11.1. The molecule has 1 fully saturated rings. The van der Waals surface area contributed by atoms with E-state index in [0.29, 0.717) is 17.4 Å². The maximum absolute atomic E-state index is 12.8. The summed E-state index contributed by atoms with van der Waals surface area (Å²) in [6.45, 7) is 0. The van der Waals surface area contributed by atoms with E-state index in [1.165, 1.54) is 19.3 Å². The lowest BCUT2D eigenvalue weighted by Gasteiger charge is -2.31. The number of amides is 1. The topological polar surface area (TPSA) is 51.0 Å². The van der Waals surface area contributed by atoms with E-state index in [1.807, 2.05) is 24.1 Å². The average Bonchev–Trinajstić information content (AvgIpc) is 3.08.